The summed E-state index contributed by atoms with van der Waals surface area (Å²) in [4.78, 5) is 10.6. The highest BCUT2D eigenvalue weighted by Gasteiger charge is 2.07. The Kier molecular flexibility index (Phi) is 3.20. The standard InChI is InChI=1S/C14H15N5/c1-19(10-13-8-15-5-6-16-13)9-12-4-2-3-11-7-17-18-14(11)12/h2-8H,9-10H2,1H3,(H,17,18). The topological polar surface area (TPSA) is 57.7 Å². The van der Waals surface area contributed by atoms with Crippen LogP contribution in [-0.4, -0.2) is 32.1 Å². The van der Waals surface area contributed by atoms with Crippen molar-refractivity contribution < 1.29 is 0 Å². The van der Waals surface area contributed by atoms with E-state index in [0.717, 1.165) is 29.7 Å². The molecule has 0 bridgehead atoms. The van der Waals surface area contributed by atoms with Gasteiger partial charge in [0.15, 0.2) is 0 Å². The maximum atomic E-state index is 4.29. The molecule has 3 aromatic rings. The molecule has 1 aromatic carbocycles. The van der Waals surface area contributed by atoms with Gasteiger partial charge in [-0.2, -0.15) is 5.10 Å². The first kappa shape index (κ1) is 11.8. The molecule has 2 aromatic heterocycles. The number of hydrogen-bond acceptors (Lipinski definition) is 4. The molecular formula is C14H15N5. The molecule has 0 saturated carbocycles. The van der Waals surface area contributed by atoms with Gasteiger partial charge in [0.1, 0.15) is 0 Å². The lowest BCUT2D eigenvalue weighted by molar-refractivity contribution is 0.315. The van der Waals surface area contributed by atoms with E-state index >= 15 is 0 Å². The molecule has 0 atom stereocenters. The van der Waals surface area contributed by atoms with Crippen molar-refractivity contribution in [3.05, 3.63) is 54.2 Å². The first-order valence-electron chi connectivity index (χ1n) is 6.17. The average molecular weight is 253 g/mol. The average Bonchev–Trinajstić information content (AvgIpc) is 2.89. The van der Waals surface area contributed by atoms with Crippen LogP contribution in [-0.2, 0) is 13.1 Å². The molecule has 2 heterocycles. The van der Waals surface area contributed by atoms with Crippen molar-refractivity contribution in [3.63, 3.8) is 0 Å². The minimum Gasteiger partial charge on any atom is -0.296 e. The Morgan fingerprint density at radius 3 is 2.95 bits per heavy atom. The van der Waals surface area contributed by atoms with E-state index in [9.17, 15) is 0 Å². The van der Waals surface area contributed by atoms with Gasteiger partial charge in [0.25, 0.3) is 0 Å². The van der Waals surface area contributed by atoms with Gasteiger partial charge in [-0.3, -0.25) is 20.0 Å². The van der Waals surface area contributed by atoms with Crippen LogP contribution in [0.5, 0.6) is 0 Å². The Balaban J connectivity index is 1.76. The molecule has 0 aliphatic carbocycles. The third-order valence-corrected chi connectivity index (χ3v) is 3.05. The van der Waals surface area contributed by atoms with Crippen LogP contribution in [0.3, 0.4) is 0 Å². The molecule has 3 rings (SSSR count). The van der Waals surface area contributed by atoms with Crippen LogP contribution in [0.15, 0.2) is 43.0 Å². The number of hydrogen-bond donors (Lipinski definition) is 1. The van der Waals surface area contributed by atoms with Gasteiger partial charge in [-0.15, -0.1) is 0 Å². The Morgan fingerprint density at radius 2 is 2.11 bits per heavy atom. The van der Waals surface area contributed by atoms with Crippen LogP contribution >= 0.6 is 0 Å². The highest BCUT2D eigenvalue weighted by molar-refractivity contribution is 5.81. The molecule has 0 radical (unpaired) electrons. The van der Waals surface area contributed by atoms with E-state index in [-0.39, 0.29) is 0 Å². The van der Waals surface area contributed by atoms with Gasteiger partial charge < -0.3 is 0 Å². The number of nitrogens with zero attached hydrogens (tertiary/aromatic N) is 4. The summed E-state index contributed by atoms with van der Waals surface area (Å²) >= 11 is 0. The van der Waals surface area contributed by atoms with E-state index in [1.165, 1.54) is 5.56 Å². The highest BCUT2D eigenvalue weighted by atomic mass is 15.1. The molecule has 1 N–H and O–H groups in total. The molecule has 0 saturated heterocycles. The largest absolute Gasteiger partial charge is 0.296 e. The minimum atomic E-state index is 0.776. The van der Waals surface area contributed by atoms with Crippen LogP contribution < -0.4 is 0 Å². The predicted molar refractivity (Wildman–Crippen MR) is 73.3 cm³/mol. The number of aromatic nitrogens is 4. The maximum absolute atomic E-state index is 4.29. The number of nitrogens with one attached hydrogen (secondary N) is 1. The van der Waals surface area contributed by atoms with Gasteiger partial charge >= 0.3 is 0 Å². The normalized spacial score (nSPS) is 11.3. The lowest BCUT2D eigenvalue weighted by Gasteiger charge is -2.16. The maximum Gasteiger partial charge on any atom is 0.0726 e. The van der Waals surface area contributed by atoms with Crippen molar-refractivity contribution >= 4 is 10.9 Å². The number of fused-ring (bicyclic) bond motifs is 1. The summed E-state index contributed by atoms with van der Waals surface area (Å²) in [5.74, 6) is 0. The van der Waals surface area contributed by atoms with Crippen LogP contribution in [0.1, 0.15) is 11.3 Å². The van der Waals surface area contributed by atoms with Crippen molar-refractivity contribution in [2.24, 2.45) is 0 Å². The molecule has 0 aliphatic heterocycles. The van der Waals surface area contributed by atoms with Gasteiger partial charge in [-0.05, 0) is 12.6 Å². The van der Waals surface area contributed by atoms with E-state index in [0.29, 0.717) is 0 Å². The molecule has 0 unspecified atom stereocenters. The van der Waals surface area contributed by atoms with Gasteiger partial charge in [0.2, 0.25) is 0 Å². The summed E-state index contributed by atoms with van der Waals surface area (Å²) in [6, 6.07) is 6.24. The van der Waals surface area contributed by atoms with Crippen molar-refractivity contribution in [3.8, 4) is 0 Å². The summed E-state index contributed by atoms with van der Waals surface area (Å²) in [5.41, 5.74) is 3.32. The molecule has 5 heteroatoms. The zero-order valence-corrected chi connectivity index (χ0v) is 10.7. The lowest BCUT2D eigenvalue weighted by Crippen LogP contribution is -2.18. The van der Waals surface area contributed by atoms with E-state index in [1.807, 2.05) is 6.20 Å². The number of H-pyrrole nitrogens is 1. The van der Waals surface area contributed by atoms with E-state index in [4.69, 9.17) is 0 Å². The Hall–Kier alpha value is -2.27. The summed E-state index contributed by atoms with van der Waals surface area (Å²) in [5, 5.41) is 8.28. The van der Waals surface area contributed by atoms with Gasteiger partial charge in [0, 0.05) is 37.1 Å². The number of benzene rings is 1. The molecule has 19 heavy (non-hydrogen) atoms. The summed E-state index contributed by atoms with van der Waals surface area (Å²) in [7, 11) is 2.07. The molecule has 0 amide bonds. The summed E-state index contributed by atoms with van der Waals surface area (Å²) in [6.45, 7) is 1.62. The van der Waals surface area contributed by atoms with Crippen molar-refractivity contribution in [1.82, 2.24) is 25.1 Å². The monoisotopic (exact) mass is 253 g/mol. The fraction of sp³-hybridized carbons (Fsp3) is 0.214. The quantitative estimate of drug-likeness (QED) is 0.772. The smallest absolute Gasteiger partial charge is 0.0726 e. The predicted octanol–water partition coefficient (Wildman–Crippen LogP) is 1.98. The number of para-hydroxylation sites is 1. The molecule has 0 spiro atoms. The van der Waals surface area contributed by atoms with Gasteiger partial charge in [-0.25, -0.2) is 0 Å². The van der Waals surface area contributed by atoms with Crippen LogP contribution in [0.4, 0.5) is 0 Å². The number of rotatable bonds is 4. The van der Waals surface area contributed by atoms with Crippen molar-refractivity contribution in [2.75, 3.05) is 7.05 Å². The van der Waals surface area contributed by atoms with E-state index in [2.05, 4.69) is 50.3 Å². The molecule has 96 valence electrons. The zero-order chi connectivity index (χ0) is 13.1. The Morgan fingerprint density at radius 1 is 1.16 bits per heavy atom. The molecule has 0 aliphatic rings. The van der Waals surface area contributed by atoms with Gasteiger partial charge in [0.05, 0.1) is 17.4 Å². The molecule has 0 fully saturated rings. The Labute approximate surface area is 111 Å². The Bertz CT molecular complexity index is 662. The van der Waals surface area contributed by atoms with Crippen molar-refractivity contribution in [2.45, 2.75) is 13.1 Å². The second-order valence-electron chi connectivity index (χ2n) is 4.62. The van der Waals surface area contributed by atoms with Crippen molar-refractivity contribution in [1.29, 1.82) is 0 Å². The summed E-state index contributed by atoms with van der Waals surface area (Å²) in [6.07, 6.45) is 7.06. The summed E-state index contributed by atoms with van der Waals surface area (Å²) < 4.78 is 0. The van der Waals surface area contributed by atoms with E-state index < -0.39 is 0 Å². The van der Waals surface area contributed by atoms with Crippen LogP contribution in [0.25, 0.3) is 10.9 Å². The number of aromatic amines is 1. The third kappa shape index (κ3) is 2.61. The molecular weight excluding hydrogens is 238 g/mol. The fourth-order valence-electron chi connectivity index (χ4n) is 2.20. The van der Waals surface area contributed by atoms with Gasteiger partial charge in [-0.1, -0.05) is 18.2 Å². The fourth-order valence-corrected chi connectivity index (χ4v) is 2.20. The lowest BCUT2D eigenvalue weighted by atomic mass is 10.1. The minimum absolute atomic E-state index is 0.776. The first-order valence-corrected chi connectivity index (χ1v) is 6.17. The SMILES string of the molecule is CN(Cc1cnccn1)Cc1cccc2cn[nH]c12. The first-order chi connectivity index (χ1) is 9.33. The second kappa shape index (κ2) is 5.16. The van der Waals surface area contributed by atoms with Crippen LogP contribution in [0, 0.1) is 0 Å². The highest BCUT2D eigenvalue weighted by Crippen LogP contribution is 2.17. The third-order valence-electron chi connectivity index (χ3n) is 3.05. The molecule has 5 nitrogen and oxygen atoms in total. The second-order valence-corrected chi connectivity index (χ2v) is 4.62. The zero-order valence-electron chi connectivity index (χ0n) is 10.7. The van der Waals surface area contributed by atoms with Crippen LogP contribution in [0.2, 0.25) is 0 Å². The van der Waals surface area contributed by atoms with E-state index in [1.54, 1.807) is 18.6 Å².